The summed E-state index contributed by atoms with van der Waals surface area (Å²) in [4.78, 5) is 88.4. The summed E-state index contributed by atoms with van der Waals surface area (Å²) in [5.74, 6) is -2.54. The SMILES string of the molecule is O=C1NCCCN2CCCNC(=O)c3ccc(c(=S)[nH]3)C(=O)NCCCN(CCCNC(=O)c3ccc1[nH]c3=S)CCCNC(=O)c1ccc(n(O)c1=S)C(=O)NCCC2. The predicted octanol–water partition coefficient (Wildman–Crippen LogP) is 2.32. The Kier molecular flexibility index (Phi) is 17.4. The van der Waals surface area contributed by atoms with E-state index in [0.717, 1.165) is 0 Å². The van der Waals surface area contributed by atoms with Gasteiger partial charge in [-0.15, -0.1) is 0 Å². The standard InChI is InChI=1S/C39H51N11O7S3/c51-31-25-7-10-28(46-37(25)58)34(54)43-16-4-22-49-23-5-17-44-35(55)29-11-8-26(38(59)47-29)32(52)41-14-2-20-48(19-1-13-40-31)21-3-15-42-33(53)27-9-12-30(50(57)39(27)60)36(56)45-18-6-24-49/h7-12,57H,1-6,13-24H2,(H,40,51)(H,41,52)(H,42,53)(H,43,54)(H,44,55)(H,45,56)(H,46,58)(H,47,59). The first-order valence-corrected chi connectivity index (χ1v) is 21.2. The van der Waals surface area contributed by atoms with E-state index in [1.165, 1.54) is 36.4 Å². The lowest BCUT2D eigenvalue weighted by Gasteiger charge is -2.23. The minimum Gasteiger partial charge on any atom is -0.427 e. The summed E-state index contributed by atoms with van der Waals surface area (Å²) in [5.41, 5.74) is 0.847. The van der Waals surface area contributed by atoms with Gasteiger partial charge in [0.15, 0.2) is 4.64 Å². The smallest absolute Gasteiger partial charge is 0.271 e. The third-order valence-corrected chi connectivity index (χ3v) is 11.0. The van der Waals surface area contributed by atoms with Gasteiger partial charge >= 0.3 is 0 Å². The maximum absolute atomic E-state index is 13.1. The number of H-pyrrole nitrogens is 2. The van der Waals surface area contributed by atoms with E-state index in [2.05, 4.69) is 51.7 Å². The molecule has 15 rings (SSSR count). The molecular formula is C39H51N11O7S3. The zero-order valence-electron chi connectivity index (χ0n) is 33.2. The summed E-state index contributed by atoms with van der Waals surface area (Å²) in [6, 6.07) is 8.86. The fourth-order valence-corrected chi connectivity index (χ4v) is 7.51. The van der Waals surface area contributed by atoms with Crippen molar-refractivity contribution in [3.63, 3.8) is 0 Å². The van der Waals surface area contributed by atoms with E-state index >= 15 is 0 Å². The lowest BCUT2D eigenvalue weighted by Crippen LogP contribution is -2.36. The number of hydrogen-bond donors (Lipinski definition) is 9. The Hall–Kier alpha value is -5.35. The molecule has 9 N–H and O–H groups in total. The summed E-state index contributed by atoms with van der Waals surface area (Å²) >= 11 is 16.2. The fourth-order valence-electron chi connectivity index (χ4n) is 6.71. The monoisotopic (exact) mass is 881 g/mol. The minimum atomic E-state index is -0.565. The van der Waals surface area contributed by atoms with E-state index < -0.39 is 11.8 Å². The molecule has 0 unspecified atom stereocenters. The van der Waals surface area contributed by atoms with E-state index in [-0.39, 0.29) is 84.4 Å². The molecule has 60 heavy (non-hydrogen) atoms. The molecule has 12 aliphatic rings. The van der Waals surface area contributed by atoms with Crippen LogP contribution in [-0.2, 0) is 0 Å². The normalized spacial score (nSPS) is 20.4. The average molecular weight is 882 g/mol. The molecule has 0 spiro atoms. The lowest BCUT2D eigenvalue weighted by atomic mass is 10.2. The second kappa shape index (κ2) is 22.9. The van der Waals surface area contributed by atoms with Gasteiger partial charge in [-0.05, 0) is 114 Å². The topological polar surface area (TPSA) is 238 Å². The number of nitrogens with one attached hydrogen (secondary N) is 8. The van der Waals surface area contributed by atoms with Crippen LogP contribution in [-0.4, -0.2) is 144 Å². The Morgan fingerprint density at radius 1 is 0.417 bits per heavy atom. The van der Waals surface area contributed by atoms with E-state index in [0.29, 0.717) is 109 Å². The fraction of sp³-hybridized carbons (Fsp3) is 0.462. The maximum Gasteiger partial charge on any atom is 0.271 e. The van der Waals surface area contributed by atoms with Crippen molar-refractivity contribution >= 4 is 72.1 Å². The van der Waals surface area contributed by atoms with Gasteiger partial charge in [0, 0.05) is 39.3 Å². The second-order valence-corrected chi connectivity index (χ2v) is 15.5. The largest absolute Gasteiger partial charge is 0.427 e. The lowest BCUT2D eigenvalue weighted by molar-refractivity contribution is 0.0879. The molecule has 322 valence electrons. The molecule has 3 aromatic heterocycles. The van der Waals surface area contributed by atoms with E-state index in [9.17, 15) is 34.0 Å². The zero-order chi connectivity index (χ0) is 43.0. The van der Waals surface area contributed by atoms with Crippen molar-refractivity contribution in [1.29, 1.82) is 0 Å². The highest BCUT2D eigenvalue weighted by atomic mass is 32.1. The van der Waals surface area contributed by atoms with Crippen LogP contribution in [0.25, 0.3) is 0 Å². The van der Waals surface area contributed by atoms with E-state index in [1.807, 2.05) is 0 Å². The first kappa shape index (κ1) is 45.7. The molecule has 0 radical (unpaired) electrons. The van der Waals surface area contributed by atoms with Gasteiger partial charge in [-0.1, -0.05) is 36.7 Å². The van der Waals surface area contributed by atoms with E-state index in [1.54, 1.807) is 0 Å². The van der Waals surface area contributed by atoms with Crippen LogP contribution in [0.1, 0.15) is 101 Å². The van der Waals surface area contributed by atoms with Crippen LogP contribution >= 0.6 is 36.7 Å². The van der Waals surface area contributed by atoms with Crippen LogP contribution in [0.15, 0.2) is 36.4 Å². The van der Waals surface area contributed by atoms with Crippen LogP contribution in [0, 0.1) is 13.9 Å². The molecule has 15 heterocycles. The zero-order valence-corrected chi connectivity index (χ0v) is 35.6. The first-order chi connectivity index (χ1) is 28.9. The van der Waals surface area contributed by atoms with Gasteiger partial charge < -0.3 is 56.9 Å². The average Bonchev–Trinajstić information content (AvgIpc) is 3.23. The molecule has 18 nitrogen and oxygen atoms in total. The molecule has 0 saturated carbocycles. The highest BCUT2D eigenvalue weighted by molar-refractivity contribution is 7.71. The molecule has 12 aliphatic heterocycles. The predicted molar refractivity (Wildman–Crippen MR) is 230 cm³/mol. The Morgan fingerprint density at radius 2 is 0.733 bits per heavy atom. The van der Waals surface area contributed by atoms with Crippen LogP contribution in [0.4, 0.5) is 0 Å². The second-order valence-electron chi connectivity index (χ2n) is 14.3. The summed E-state index contributed by atoms with van der Waals surface area (Å²) in [5, 5.41) is 28.0. The molecule has 0 aliphatic carbocycles. The molecule has 0 saturated heterocycles. The quantitative estimate of drug-likeness (QED) is 0.117. The third-order valence-electron chi connectivity index (χ3n) is 9.95. The van der Waals surface area contributed by atoms with Crippen LogP contribution in [0.2, 0.25) is 0 Å². The van der Waals surface area contributed by atoms with Gasteiger partial charge in [0.2, 0.25) is 0 Å². The van der Waals surface area contributed by atoms with Gasteiger partial charge in [-0.3, -0.25) is 28.8 Å². The molecule has 0 atom stereocenters. The number of aromatic nitrogens is 3. The highest BCUT2D eigenvalue weighted by Gasteiger charge is 2.18. The third kappa shape index (κ3) is 13.1. The molecule has 0 fully saturated rings. The van der Waals surface area contributed by atoms with Crippen molar-refractivity contribution < 1.29 is 34.0 Å². The van der Waals surface area contributed by atoms with Crippen molar-refractivity contribution in [2.45, 2.75) is 38.5 Å². The summed E-state index contributed by atoms with van der Waals surface area (Å²) in [7, 11) is 0. The van der Waals surface area contributed by atoms with Crippen LogP contribution in [0.5, 0.6) is 0 Å². The van der Waals surface area contributed by atoms with Crippen molar-refractivity contribution in [3.05, 3.63) is 84.1 Å². The molecular weight excluding hydrogens is 831 g/mol. The van der Waals surface area contributed by atoms with Crippen LogP contribution in [0.3, 0.4) is 0 Å². The number of nitrogens with zero attached hydrogens (tertiary/aromatic N) is 3. The van der Waals surface area contributed by atoms with Gasteiger partial charge in [0.05, 0.1) is 16.7 Å². The van der Waals surface area contributed by atoms with Crippen molar-refractivity contribution in [1.82, 2.24) is 56.4 Å². The van der Waals surface area contributed by atoms with Gasteiger partial charge in [0.25, 0.3) is 35.4 Å². The summed E-state index contributed by atoms with van der Waals surface area (Å²) < 4.78 is 0.610. The molecule has 6 amide bonds. The summed E-state index contributed by atoms with van der Waals surface area (Å²) in [6.07, 6.45) is 3.37. The summed E-state index contributed by atoms with van der Waals surface area (Å²) in [6.45, 7) is 5.29. The number of rotatable bonds is 0. The Labute approximate surface area is 362 Å². The van der Waals surface area contributed by atoms with Crippen molar-refractivity contribution in [2.75, 3.05) is 78.5 Å². The first-order valence-electron chi connectivity index (χ1n) is 20.0. The molecule has 0 aromatic carbocycles. The Balaban J connectivity index is 1.39. The van der Waals surface area contributed by atoms with Gasteiger partial charge in [-0.25, -0.2) is 0 Å². The number of carbonyl (C=O) groups excluding carboxylic acids is 6. The Bertz CT molecular complexity index is 2140. The van der Waals surface area contributed by atoms with Crippen molar-refractivity contribution in [2.24, 2.45) is 0 Å². The maximum atomic E-state index is 13.1. The van der Waals surface area contributed by atoms with Crippen LogP contribution < -0.4 is 31.9 Å². The molecule has 3 aromatic rings. The number of amides is 6. The molecule has 8 bridgehead atoms. The minimum absolute atomic E-state index is 0.0405. The highest BCUT2D eigenvalue weighted by Crippen LogP contribution is 2.10. The number of carbonyl (C=O) groups is 6. The number of pyridine rings is 3. The van der Waals surface area contributed by atoms with Gasteiger partial charge in [0.1, 0.15) is 26.4 Å². The molecule has 21 heteroatoms. The number of aromatic amines is 2. The van der Waals surface area contributed by atoms with Crippen molar-refractivity contribution in [3.8, 4) is 0 Å². The van der Waals surface area contributed by atoms with E-state index in [4.69, 9.17) is 36.7 Å². The van der Waals surface area contributed by atoms with Gasteiger partial charge in [-0.2, -0.15) is 4.73 Å². The Morgan fingerprint density at radius 3 is 1.10 bits per heavy atom. The number of hydrogen-bond acceptors (Lipinski definition) is 12.